The van der Waals surface area contributed by atoms with Gasteiger partial charge in [0.25, 0.3) is 0 Å². The summed E-state index contributed by atoms with van der Waals surface area (Å²) in [5.41, 5.74) is 9.32. The van der Waals surface area contributed by atoms with Crippen molar-refractivity contribution >= 4 is 27.5 Å². The highest BCUT2D eigenvalue weighted by Crippen LogP contribution is 2.39. The Labute approximate surface area is 104 Å². The van der Waals surface area contributed by atoms with E-state index in [2.05, 4.69) is 15.9 Å². The van der Waals surface area contributed by atoms with Crippen molar-refractivity contribution < 1.29 is 4.74 Å². The molecular formula is C11H15BrClNO. The first-order chi connectivity index (χ1) is 6.91. The summed E-state index contributed by atoms with van der Waals surface area (Å²) in [4.78, 5) is 0. The second-order valence-corrected chi connectivity index (χ2v) is 4.80. The molecule has 0 aliphatic rings. The van der Waals surface area contributed by atoms with Crippen LogP contribution in [-0.4, -0.2) is 7.11 Å². The highest BCUT2D eigenvalue weighted by molar-refractivity contribution is 9.10. The van der Waals surface area contributed by atoms with Gasteiger partial charge in [0.1, 0.15) is 11.3 Å². The van der Waals surface area contributed by atoms with E-state index < -0.39 is 5.50 Å². The highest BCUT2D eigenvalue weighted by Gasteiger charge is 2.19. The fourth-order valence-corrected chi connectivity index (χ4v) is 2.48. The van der Waals surface area contributed by atoms with E-state index >= 15 is 0 Å². The summed E-state index contributed by atoms with van der Waals surface area (Å²) < 4.78 is 6.42. The number of alkyl halides is 1. The molecule has 0 radical (unpaired) electrons. The maximum absolute atomic E-state index is 5.97. The smallest absolute Gasteiger partial charge is 0.128 e. The number of halogens is 2. The Morgan fingerprint density at radius 1 is 1.20 bits per heavy atom. The van der Waals surface area contributed by atoms with Crippen LogP contribution in [0.2, 0.25) is 0 Å². The molecule has 2 nitrogen and oxygen atoms in total. The third kappa shape index (κ3) is 2.14. The Kier molecular flexibility index (Phi) is 4.04. The second kappa shape index (κ2) is 4.73. The minimum absolute atomic E-state index is 0.546. The molecule has 0 heterocycles. The minimum Gasteiger partial charge on any atom is -0.496 e. The van der Waals surface area contributed by atoms with Crippen LogP contribution in [0.4, 0.5) is 0 Å². The van der Waals surface area contributed by atoms with E-state index in [1.165, 1.54) is 0 Å². The fourth-order valence-electron chi connectivity index (χ4n) is 1.70. The van der Waals surface area contributed by atoms with E-state index in [1.807, 2.05) is 20.8 Å². The Morgan fingerprint density at radius 2 is 1.73 bits per heavy atom. The Hall–Kier alpha value is -0.250. The van der Waals surface area contributed by atoms with Crippen molar-refractivity contribution in [1.82, 2.24) is 0 Å². The largest absolute Gasteiger partial charge is 0.496 e. The summed E-state index contributed by atoms with van der Waals surface area (Å²) in [7, 11) is 1.64. The third-order valence-corrected chi connectivity index (χ3v) is 4.10. The first-order valence-electron chi connectivity index (χ1n) is 4.64. The van der Waals surface area contributed by atoms with Crippen LogP contribution in [0.15, 0.2) is 4.47 Å². The van der Waals surface area contributed by atoms with Crippen molar-refractivity contribution in [3.05, 3.63) is 26.7 Å². The number of hydrogen-bond acceptors (Lipinski definition) is 2. The molecule has 0 aliphatic carbocycles. The summed E-state index contributed by atoms with van der Waals surface area (Å²) in [5, 5.41) is 0. The molecule has 1 atom stereocenters. The summed E-state index contributed by atoms with van der Waals surface area (Å²) >= 11 is 9.51. The number of ether oxygens (including phenoxy) is 1. The molecule has 1 unspecified atom stereocenters. The van der Waals surface area contributed by atoms with E-state index in [1.54, 1.807) is 7.11 Å². The van der Waals surface area contributed by atoms with Crippen LogP contribution < -0.4 is 10.5 Å². The quantitative estimate of drug-likeness (QED) is 0.668. The second-order valence-electron chi connectivity index (χ2n) is 3.54. The van der Waals surface area contributed by atoms with Crippen molar-refractivity contribution in [3.63, 3.8) is 0 Å². The standard InChI is InChI=1S/C11H15BrClNO/c1-5-6(2)10(15-4)8(11(13)14)7(3)9(5)12/h11H,14H2,1-4H3. The van der Waals surface area contributed by atoms with Crippen molar-refractivity contribution in [2.45, 2.75) is 26.3 Å². The average molecular weight is 293 g/mol. The number of benzene rings is 1. The van der Waals surface area contributed by atoms with Gasteiger partial charge in [-0.05, 0) is 37.5 Å². The van der Waals surface area contributed by atoms with Gasteiger partial charge in [0.05, 0.1) is 7.11 Å². The SMILES string of the molecule is COc1c(C)c(C)c(Br)c(C)c1C(N)Cl. The van der Waals surface area contributed by atoms with E-state index in [0.29, 0.717) is 0 Å². The predicted octanol–water partition coefficient (Wildman–Crippen LogP) is 3.58. The van der Waals surface area contributed by atoms with Gasteiger partial charge >= 0.3 is 0 Å². The van der Waals surface area contributed by atoms with Gasteiger partial charge in [-0.15, -0.1) is 11.6 Å². The lowest BCUT2D eigenvalue weighted by atomic mass is 9.99. The van der Waals surface area contributed by atoms with Crippen molar-refractivity contribution in [2.75, 3.05) is 7.11 Å². The fraction of sp³-hybridized carbons (Fsp3) is 0.455. The molecule has 0 aromatic heterocycles. The normalized spacial score (nSPS) is 12.7. The zero-order chi connectivity index (χ0) is 11.7. The van der Waals surface area contributed by atoms with Gasteiger partial charge in [0, 0.05) is 10.0 Å². The number of rotatable bonds is 2. The average Bonchev–Trinajstić information content (AvgIpc) is 2.19. The molecule has 0 aliphatic heterocycles. The zero-order valence-electron chi connectivity index (χ0n) is 9.32. The first-order valence-corrected chi connectivity index (χ1v) is 5.87. The lowest BCUT2D eigenvalue weighted by Crippen LogP contribution is -2.09. The summed E-state index contributed by atoms with van der Waals surface area (Å²) in [6, 6.07) is 0. The zero-order valence-corrected chi connectivity index (χ0v) is 11.7. The van der Waals surface area contributed by atoms with Crippen molar-refractivity contribution in [1.29, 1.82) is 0 Å². The van der Waals surface area contributed by atoms with Gasteiger partial charge in [-0.25, -0.2) is 0 Å². The lowest BCUT2D eigenvalue weighted by molar-refractivity contribution is 0.405. The molecule has 84 valence electrons. The summed E-state index contributed by atoms with van der Waals surface area (Å²) in [6.07, 6.45) is 0. The van der Waals surface area contributed by atoms with E-state index in [-0.39, 0.29) is 0 Å². The van der Waals surface area contributed by atoms with Crippen LogP contribution in [-0.2, 0) is 0 Å². The predicted molar refractivity (Wildman–Crippen MR) is 67.7 cm³/mol. The Bertz CT molecular complexity index is 391. The van der Waals surface area contributed by atoms with Gasteiger partial charge in [-0.3, -0.25) is 0 Å². The molecule has 0 amide bonds. The van der Waals surface area contributed by atoms with Gasteiger partial charge in [-0.2, -0.15) is 0 Å². The number of hydrogen-bond donors (Lipinski definition) is 1. The van der Waals surface area contributed by atoms with Crippen molar-refractivity contribution in [3.8, 4) is 5.75 Å². The van der Waals surface area contributed by atoms with E-state index in [4.69, 9.17) is 22.1 Å². The van der Waals surface area contributed by atoms with Crippen LogP contribution in [0.5, 0.6) is 5.75 Å². The molecule has 0 saturated heterocycles. The van der Waals surface area contributed by atoms with Crippen LogP contribution in [0, 0.1) is 20.8 Å². The molecule has 0 spiro atoms. The molecule has 1 aromatic carbocycles. The molecular weight excluding hydrogens is 277 g/mol. The van der Waals surface area contributed by atoms with Crippen LogP contribution in [0.1, 0.15) is 27.8 Å². The first kappa shape index (κ1) is 12.8. The molecule has 2 N–H and O–H groups in total. The van der Waals surface area contributed by atoms with E-state index in [0.717, 1.165) is 32.5 Å². The monoisotopic (exact) mass is 291 g/mol. The van der Waals surface area contributed by atoms with Crippen LogP contribution in [0.25, 0.3) is 0 Å². The summed E-state index contributed by atoms with van der Waals surface area (Å²) in [5.74, 6) is 0.788. The molecule has 0 saturated carbocycles. The third-order valence-electron chi connectivity index (χ3n) is 2.69. The molecule has 1 aromatic rings. The van der Waals surface area contributed by atoms with Gasteiger partial charge in [0.15, 0.2) is 0 Å². The molecule has 1 rings (SSSR count). The summed E-state index contributed by atoms with van der Waals surface area (Å²) in [6.45, 7) is 6.02. The van der Waals surface area contributed by atoms with E-state index in [9.17, 15) is 0 Å². The maximum Gasteiger partial charge on any atom is 0.128 e. The molecule has 15 heavy (non-hydrogen) atoms. The molecule has 4 heteroatoms. The highest BCUT2D eigenvalue weighted by atomic mass is 79.9. The molecule has 0 fully saturated rings. The van der Waals surface area contributed by atoms with Gasteiger partial charge in [0.2, 0.25) is 0 Å². The van der Waals surface area contributed by atoms with Crippen LogP contribution in [0.3, 0.4) is 0 Å². The maximum atomic E-state index is 5.97. The van der Waals surface area contributed by atoms with Gasteiger partial charge in [-0.1, -0.05) is 15.9 Å². The van der Waals surface area contributed by atoms with Crippen molar-refractivity contribution in [2.24, 2.45) is 5.73 Å². The number of nitrogens with two attached hydrogens (primary N) is 1. The Morgan fingerprint density at radius 3 is 2.13 bits per heavy atom. The van der Waals surface area contributed by atoms with Crippen LogP contribution >= 0.6 is 27.5 Å². The Balaban J connectivity index is 3.62. The lowest BCUT2D eigenvalue weighted by Gasteiger charge is -2.19. The minimum atomic E-state index is -0.546. The number of methoxy groups -OCH3 is 1. The van der Waals surface area contributed by atoms with Gasteiger partial charge < -0.3 is 10.5 Å². The topological polar surface area (TPSA) is 35.2 Å². The molecule has 0 bridgehead atoms.